The number of amides is 2. The normalized spacial score (nSPS) is 13.9. The highest BCUT2D eigenvalue weighted by atomic mass is 35.5. The molecule has 3 aromatic rings. The van der Waals surface area contributed by atoms with Crippen molar-refractivity contribution in [2.45, 2.75) is 12.6 Å². The first-order valence-corrected chi connectivity index (χ1v) is 9.96. The summed E-state index contributed by atoms with van der Waals surface area (Å²) in [6.45, 7) is 0.280. The highest BCUT2D eigenvalue weighted by Crippen LogP contribution is 2.32. The second-order valence-electron chi connectivity index (χ2n) is 7.08. The summed E-state index contributed by atoms with van der Waals surface area (Å²) in [6.07, 6.45) is 0. The van der Waals surface area contributed by atoms with Gasteiger partial charge in [-0.25, -0.2) is 4.79 Å². The van der Waals surface area contributed by atoms with Gasteiger partial charge in [0.25, 0.3) is 11.8 Å². The topological polar surface area (TPSA) is 83.9 Å². The summed E-state index contributed by atoms with van der Waals surface area (Å²) in [7, 11) is 0. The van der Waals surface area contributed by atoms with Crippen molar-refractivity contribution < 1.29 is 24.2 Å². The van der Waals surface area contributed by atoms with Crippen molar-refractivity contribution in [3.05, 3.63) is 106 Å². The summed E-state index contributed by atoms with van der Waals surface area (Å²) in [4.78, 5) is 38.6. The lowest BCUT2D eigenvalue weighted by Gasteiger charge is -2.26. The van der Waals surface area contributed by atoms with E-state index in [0.29, 0.717) is 5.02 Å². The molecule has 7 heteroatoms. The van der Waals surface area contributed by atoms with E-state index in [9.17, 15) is 19.5 Å². The van der Waals surface area contributed by atoms with Crippen molar-refractivity contribution in [3.63, 3.8) is 0 Å². The summed E-state index contributed by atoms with van der Waals surface area (Å²) in [6, 6.07) is 19.6. The first kappa shape index (κ1) is 20.8. The molecule has 0 aromatic heterocycles. The minimum absolute atomic E-state index is 0.0482. The van der Waals surface area contributed by atoms with E-state index in [1.54, 1.807) is 6.07 Å². The lowest BCUT2D eigenvalue weighted by atomic mass is 10.1. The van der Waals surface area contributed by atoms with Gasteiger partial charge in [0.15, 0.2) is 0 Å². The van der Waals surface area contributed by atoms with Crippen LogP contribution in [0.5, 0.6) is 0 Å². The van der Waals surface area contributed by atoms with Crippen molar-refractivity contribution in [1.82, 2.24) is 4.90 Å². The molecule has 1 heterocycles. The number of aromatic carboxylic acids is 1. The van der Waals surface area contributed by atoms with Crippen molar-refractivity contribution in [2.24, 2.45) is 0 Å². The number of hydrogen-bond donors (Lipinski definition) is 1. The van der Waals surface area contributed by atoms with Gasteiger partial charge in [-0.15, -0.1) is 0 Å². The highest BCUT2D eigenvalue weighted by molar-refractivity contribution is 6.31. The van der Waals surface area contributed by atoms with Crippen LogP contribution in [0, 0.1) is 0 Å². The van der Waals surface area contributed by atoms with Crippen molar-refractivity contribution in [1.29, 1.82) is 0 Å². The number of nitrogens with zero attached hydrogens (tertiary/aromatic N) is 1. The Kier molecular flexibility index (Phi) is 5.84. The van der Waals surface area contributed by atoms with Gasteiger partial charge in [-0.1, -0.05) is 60.1 Å². The highest BCUT2D eigenvalue weighted by Gasteiger charge is 2.41. The van der Waals surface area contributed by atoms with Crippen molar-refractivity contribution in [2.75, 3.05) is 6.61 Å². The van der Waals surface area contributed by atoms with Crippen LogP contribution in [0.25, 0.3) is 0 Å². The van der Waals surface area contributed by atoms with E-state index in [1.807, 2.05) is 48.5 Å². The van der Waals surface area contributed by atoms with Gasteiger partial charge in [-0.05, 0) is 35.4 Å². The van der Waals surface area contributed by atoms with Crippen LogP contribution in [0.2, 0.25) is 5.02 Å². The van der Waals surface area contributed by atoms with Crippen LogP contribution in [-0.2, 0) is 11.3 Å². The number of rotatable bonds is 7. The lowest BCUT2D eigenvalue weighted by molar-refractivity contribution is 0.0359. The summed E-state index contributed by atoms with van der Waals surface area (Å²) in [5.74, 6) is -2.19. The maximum atomic E-state index is 13.1. The van der Waals surface area contributed by atoms with Crippen LogP contribution in [-0.4, -0.2) is 34.4 Å². The Morgan fingerprint density at radius 3 is 2.32 bits per heavy atom. The molecule has 6 nitrogen and oxygen atoms in total. The maximum Gasteiger partial charge on any atom is 0.335 e. The zero-order chi connectivity index (χ0) is 22.0. The Hall–Kier alpha value is -3.48. The molecule has 0 aliphatic carbocycles. The molecular formula is C24H18ClNO5. The molecule has 0 spiro atoms. The Balaban J connectivity index is 1.62. The fourth-order valence-electron chi connectivity index (χ4n) is 3.57. The SMILES string of the molecule is O=C(O)c1ccc2c(c1)C(=O)N([C@H](COCc1ccccc1Cl)c1ccccc1)C2=O. The van der Waals surface area contributed by atoms with Crippen molar-refractivity contribution in [3.8, 4) is 0 Å². The second kappa shape index (κ2) is 8.71. The Bertz CT molecular complexity index is 1160. The standard InChI is InChI=1S/C24H18ClNO5/c25-20-9-5-4-8-17(20)13-31-14-21(15-6-2-1-3-7-15)26-22(27)18-11-10-16(24(29)30)12-19(18)23(26)28/h1-12,21H,13-14H2,(H,29,30)/t21-/m1/s1. The molecule has 3 aromatic carbocycles. The van der Waals surface area contributed by atoms with Crippen LogP contribution >= 0.6 is 11.6 Å². The minimum Gasteiger partial charge on any atom is -0.478 e. The van der Waals surface area contributed by atoms with Gasteiger partial charge in [0.05, 0.1) is 35.9 Å². The molecule has 0 saturated heterocycles. The number of carboxylic acid groups (broad SMARTS) is 1. The molecule has 0 saturated carbocycles. The summed E-state index contributed by atoms with van der Waals surface area (Å²) >= 11 is 6.18. The van der Waals surface area contributed by atoms with Crippen LogP contribution < -0.4 is 0 Å². The molecule has 2 amide bonds. The third-order valence-corrected chi connectivity index (χ3v) is 5.52. The number of fused-ring (bicyclic) bond motifs is 1. The van der Waals surface area contributed by atoms with Gasteiger partial charge in [-0.2, -0.15) is 0 Å². The third-order valence-electron chi connectivity index (χ3n) is 5.15. The molecule has 0 bridgehead atoms. The Labute approximate surface area is 183 Å². The molecule has 156 valence electrons. The van der Waals surface area contributed by atoms with Crippen LogP contribution in [0.3, 0.4) is 0 Å². The molecule has 0 radical (unpaired) electrons. The smallest absolute Gasteiger partial charge is 0.335 e. The quantitative estimate of drug-likeness (QED) is 0.548. The number of halogens is 1. The minimum atomic E-state index is -1.16. The molecule has 1 aliphatic rings. The molecular weight excluding hydrogens is 418 g/mol. The molecule has 0 fully saturated rings. The number of carboxylic acids is 1. The molecule has 4 rings (SSSR count). The summed E-state index contributed by atoms with van der Waals surface area (Å²) in [5.41, 5.74) is 1.74. The molecule has 0 unspecified atom stereocenters. The van der Waals surface area contributed by atoms with E-state index >= 15 is 0 Å². The largest absolute Gasteiger partial charge is 0.478 e. The molecule has 1 atom stereocenters. The van der Waals surface area contributed by atoms with Crippen LogP contribution in [0.4, 0.5) is 0 Å². The van der Waals surface area contributed by atoms with E-state index in [4.69, 9.17) is 16.3 Å². The summed E-state index contributed by atoms with van der Waals surface area (Å²) in [5, 5.41) is 9.80. The maximum absolute atomic E-state index is 13.1. The molecule has 1 aliphatic heterocycles. The van der Waals surface area contributed by atoms with Gasteiger partial charge in [0, 0.05) is 5.02 Å². The lowest BCUT2D eigenvalue weighted by Crippen LogP contribution is -2.36. The number of imide groups is 1. The van der Waals surface area contributed by atoms with Crippen molar-refractivity contribution >= 4 is 29.4 Å². The van der Waals surface area contributed by atoms with Gasteiger partial charge in [0.2, 0.25) is 0 Å². The van der Waals surface area contributed by atoms with Crippen LogP contribution in [0.1, 0.15) is 48.2 Å². The van der Waals surface area contributed by atoms with Gasteiger partial charge in [-0.3, -0.25) is 14.5 Å². The third kappa shape index (κ3) is 4.08. The fourth-order valence-corrected chi connectivity index (χ4v) is 3.76. The van der Waals surface area contributed by atoms with E-state index < -0.39 is 23.8 Å². The average Bonchev–Trinajstić information content (AvgIpc) is 3.03. The summed E-state index contributed by atoms with van der Waals surface area (Å²) < 4.78 is 5.86. The van der Waals surface area contributed by atoms with E-state index in [-0.39, 0.29) is 29.9 Å². The fraction of sp³-hybridized carbons (Fsp3) is 0.125. The van der Waals surface area contributed by atoms with Gasteiger partial charge >= 0.3 is 5.97 Å². The second-order valence-corrected chi connectivity index (χ2v) is 7.49. The van der Waals surface area contributed by atoms with Crippen LogP contribution in [0.15, 0.2) is 72.8 Å². The number of carbonyl (C=O) groups excluding carboxylic acids is 2. The molecule has 31 heavy (non-hydrogen) atoms. The van der Waals surface area contributed by atoms with Gasteiger partial charge in [0.1, 0.15) is 0 Å². The predicted octanol–water partition coefficient (Wildman–Crippen LogP) is 4.59. The zero-order valence-corrected chi connectivity index (χ0v) is 17.1. The monoisotopic (exact) mass is 435 g/mol. The van der Waals surface area contributed by atoms with E-state index in [0.717, 1.165) is 16.0 Å². The predicted molar refractivity (Wildman–Crippen MR) is 114 cm³/mol. The average molecular weight is 436 g/mol. The first-order chi connectivity index (χ1) is 15.0. The molecule has 1 N–H and O–H groups in total. The zero-order valence-electron chi connectivity index (χ0n) is 16.3. The van der Waals surface area contributed by atoms with E-state index in [1.165, 1.54) is 18.2 Å². The Morgan fingerprint density at radius 2 is 1.61 bits per heavy atom. The number of hydrogen-bond acceptors (Lipinski definition) is 4. The Morgan fingerprint density at radius 1 is 0.935 bits per heavy atom. The van der Waals surface area contributed by atoms with Gasteiger partial charge < -0.3 is 9.84 Å². The number of benzene rings is 3. The number of carbonyl (C=O) groups is 3. The van der Waals surface area contributed by atoms with E-state index in [2.05, 4.69) is 0 Å². The first-order valence-electron chi connectivity index (χ1n) is 9.58. The number of ether oxygens (including phenoxy) is 1.